The number of hydrogen-bond acceptors (Lipinski definition) is 1. The summed E-state index contributed by atoms with van der Waals surface area (Å²) >= 11 is 0. The minimum absolute atomic E-state index is 0.841. The van der Waals surface area contributed by atoms with Crippen molar-refractivity contribution in [2.75, 3.05) is 6.54 Å². The molecule has 32 heavy (non-hydrogen) atoms. The molecule has 0 amide bonds. The van der Waals surface area contributed by atoms with Crippen LogP contribution in [0.5, 0.6) is 0 Å². The van der Waals surface area contributed by atoms with Crippen molar-refractivity contribution in [1.82, 2.24) is 4.90 Å². The molecule has 1 saturated heterocycles. The molecular weight excluding hydrogens is 386 g/mol. The van der Waals surface area contributed by atoms with E-state index < -0.39 is 0 Å². The third-order valence-electron chi connectivity index (χ3n) is 9.77. The van der Waals surface area contributed by atoms with Crippen LogP contribution in [0.4, 0.5) is 0 Å². The van der Waals surface area contributed by atoms with Crippen molar-refractivity contribution in [3.8, 4) is 0 Å². The van der Waals surface area contributed by atoms with Gasteiger partial charge in [0.05, 0.1) is 0 Å². The fourth-order valence-corrected chi connectivity index (χ4v) is 7.90. The Labute approximate surface area is 203 Å². The molecular formula is C31H61N. The maximum Gasteiger partial charge on any atom is 0.0158 e. The molecule has 0 radical (unpaired) electrons. The Morgan fingerprint density at radius 2 is 1.44 bits per heavy atom. The van der Waals surface area contributed by atoms with Crippen LogP contribution < -0.4 is 0 Å². The van der Waals surface area contributed by atoms with Crippen molar-refractivity contribution in [1.29, 1.82) is 0 Å². The molecule has 1 saturated carbocycles. The van der Waals surface area contributed by atoms with Gasteiger partial charge in [0, 0.05) is 18.6 Å². The van der Waals surface area contributed by atoms with Gasteiger partial charge in [0.2, 0.25) is 0 Å². The van der Waals surface area contributed by atoms with Gasteiger partial charge >= 0.3 is 0 Å². The van der Waals surface area contributed by atoms with Gasteiger partial charge in [-0.15, -0.1) is 0 Å². The lowest BCUT2D eigenvalue weighted by molar-refractivity contribution is -0.0498. The molecule has 1 aliphatic carbocycles. The van der Waals surface area contributed by atoms with Gasteiger partial charge in [-0.3, -0.25) is 4.90 Å². The summed E-state index contributed by atoms with van der Waals surface area (Å²) in [7, 11) is 0. The summed E-state index contributed by atoms with van der Waals surface area (Å²) in [5.74, 6) is 5.51. The Hall–Kier alpha value is -0.0400. The van der Waals surface area contributed by atoms with Crippen molar-refractivity contribution in [3.63, 3.8) is 0 Å². The summed E-state index contributed by atoms with van der Waals surface area (Å²) in [6.07, 6.45) is 21.5. The highest BCUT2D eigenvalue weighted by Crippen LogP contribution is 2.46. The number of nitrogens with zero attached hydrogens (tertiary/aromatic N) is 1. The number of piperidine rings is 1. The second-order valence-electron chi connectivity index (χ2n) is 12.1. The minimum Gasteiger partial charge on any atom is -0.296 e. The van der Waals surface area contributed by atoms with Gasteiger partial charge in [0.25, 0.3) is 0 Å². The zero-order valence-electron chi connectivity index (χ0n) is 23.4. The monoisotopic (exact) mass is 447 g/mol. The molecule has 2 aliphatic rings. The zero-order chi connectivity index (χ0) is 23.5. The van der Waals surface area contributed by atoms with Crippen LogP contribution in [-0.2, 0) is 0 Å². The normalized spacial score (nSPS) is 31.2. The fraction of sp³-hybridized carbons (Fsp3) is 1.00. The van der Waals surface area contributed by atoms with Crippen LogP contribution in [0.1, 0.15) is 145 Å². The standard InChI is InChI=1S/C31H61N/c1-8-13-18-27(17-10-3)30-22-21-24(6)23-32(30)31(26(12-5)16-9-2)29-20-15-14-19-28(29)25(7)11-4/h24-31H,8-23H2,1-7H3. The van der Waals surface area contributed by atoms with Crippen LogP contribution in [-0.4, -0.2) is 23.5 Å². The smallest absolute Gasteiger partial charge is 0.0158 e. The van der Waals surface area contributed by atoms with Gasteiger partial charge in [-0.05, 0) is 80.5 Å². The number of hydrogen-bond donors (Lipinski definition) is 0. The summed E-state index contributed by atoms with van der Waals surface area (Å²) < 4.78 is 0. The molecule has 1 heteroatoms. The summed E-state index contributed by atoms with van der Waals surface area (Å²) in [4.78, 5) is 3.21. The molecule has 190 valence electrons. The molecule has 1 heterocycles. The highest BCUT2D eigenvalue weighted by atomic mass is 15.2. The first kappa shape index (κ1) is 28.2. The van der Waals surface area contributed by atoms with Crippen molar-refractivity contribution in [2.45, 2.75) is 157 Å². The predicted molar refractivity (Wildman–Crippen MR) is 144 cm³/mol. The van der Waals surface area contributed by atoms with E-state index in [9.17, 15) is 0 Å². The van der Waals surface area contributed by atoms with E-state index in [2.05, 4.69) is 53.4 Å². The van der Waals surface area contributed by atoms with Gasteiger partial charge in [0.1, 0.15) is 0 Å². The van der Waals surface area contributed by atoms with Crippen LogP contribution in [0.2, 0.25) is 0 Å². The Morgan fingerprint density at radius 1 is 0.750 bits per heavy atom. The third kappa shape index (κ3) is 7.48. The van der Waals surface area contributed by atoms with E-state index in [1.807, 2.05) is 0 Å². The predicted octanol–water partition coefficient (Wildman–Crippen LogP) is 9.74. The molecule has 2 rings (SSSR count). The second kappa shape index (κ2) is 15.1. The van der Waals surface area contributed by atoms with Crippen LogP contribution >= 0.6 is 0 Å². The van der Waals surface area contributed by atoms with E-state index in [-0.39, 0.29) is 0 Å². The van der Waals surface area contributed by atoms with Crippen LogP contribution in [0.3, 0.4) is 0 Å². The number of rotatable bonds is 14. The Kier molecular flexibility index (Phi) is 13.3. The fourth-order valence-electron chi connectivity index (χ4n) is 7.90. The van der Waals surface area contributed by atoms with Crippen molar-refractivity contribution < 1.29 is 0 Å². The SMILES string of the molecule is CCCCC(CCC)C1CCC(C)CN1C(C(CC)CCC)C1CCCCC1C(C)CC. The average molecular weight is 448 g/mol. The number of likely N-dealkylation sites (tertiary alicyclic amines) is 1. The first-order valence-corrected chi connectivity index (χ1v) is 15.3. The summed E-state index contributed by atoms with van der Waals surface area (Å²) in [6.45, 7) is 18.7. The molecule has 0 spiro atoms. The maximum atomic E-state index is 3.21. The van der Waals surface area contributed by atoms with Gasteiger partial charge in [-0.2, -0.15) is 0 Å². The van der Waals surface area contributed by atoms with E-state index in [1.165, 1.54) is 103 Å². The lowest BCUT2D eigenvalue weighted by Crippen LogP contribution is -2.58. The highest BCUT2D eigenvalue weighted by molar-refractivity contribution is 4.97. The van der Waals surface area contributed by atoms with E-state index in [1.54, 1.807) is 0 Å². The molecule has 0 N–H and O–H groups in total. The largest absolute Gasteiger partial charge is 0.296 e. The lowest BCUT2D eigenvalue weighted by Gasteiger charge is -2.54. The Morgan fingerprint density at radius 3 is 2.03 bits per heavy atom. The van der Waals surface area contributed by atoms with Crippen molar-refractivity contribution in [2.24, 2.45) is 35.5 Å². The first-order chi connectivity index (χ1) is 15.5. The van der Waals surface area contributed by atoms with Crippen molar-refractivity contribution >= 4 is 0 Å². The Balaban J connectivity index is 2.44. The molecule has 8 atom stereocenters. The average Bonchev–Trinajstić information content (AvgIpc) is 2.81. The van der Waals surface area contributed by atoms with E-state index in [0.717, 1.165) is 47.6 Å². The molecule has 0 aromatic heterocycles. The van der Waals surface area contributed by atoms with E-state index >= 15 is 0 Å². The van der Waals surface area contributed by atoms with Crippen LogP contribution in [0, 0.1) is 35.5 Å². The van der Waals surface area contributed by atoms with Gasteiger partial charge in [-0.25, -0.2) is 0 Å². The molecule has 0 aromatic rings. The van der Waals surface area contributed by atoms with Gasteiger partial charge < -0.3 is 0 Å². The first-order valence-electron chi connectivity index (χ1n) is 15.3. The third-order valence-corrected chi connectivity index (χ3v) is 9.77. The summed E-state index contributed by atoms with van der Waals surface area (Å²) in [5.41, 5.74) is 0. The zero-order valence-corrected chi connectivity index (χ0v) is 23.4. The minimum atomic E-state index is 0.841. The summed E-state index contributed by atoms with van der Waals surface area (Å²) in [6, 6.07) is 1.70. The van der Waals surface area contributed by atoms with E-state index in [0.29, 0.717) is 0 Å². The molecule has 1 nitrogen and oxygen atoms in total. The molecule has 0 bridgehead atoms. The Bertz CT molecular complexity index is 473. The van der Waals surface area contributed by atoms with Crippen molar-refractivity contribution in [3.05, 3.63) is 0 Å². The molecule has 0 aromatic carbocycles. The molecule has 8 unspecified atom stereocenters. The lowest BCUT2D eigenvalue weighted by atomic mass is 9.64. The second-order valence-corrected chi connectivity index (χ2v) is 12.1. The van der Waals surface area contributed by atoms with Gasteiger partial charge in [0.15, 0.2) is 0 Å². The van der Waals surface area contributed by atoms with Crippen LogP contribution in [0.25, 0.3) is 0 Å². The van der Waals surface area contributed by atoms with Gasteiger partial charge in [-0.1, -0.05) is 99.8 Å². The maximum absolute atomic E-state index is 3.21. The summed E-state index contributed by atoms with van der Waals surface area (Å²) in [5, 5.41) is 0. The van der Waals surface area contributed by atoms with E-state index in [4.69, 9.17) is 0 Å². The highest BCUT2D eigenvalue weighted by Gasteiger charge is 2.44. The molecule has 1 aliphatic heterocycles. The van der Waals surface area contributed by atoms with Crippen LogP contribution in [0.15, 0.2) is 0 Å². The number of unbranched alkanes of at least 4 members (excludes halogenated alkanes) is 1. The quantitative estimate of drug-likeness (QED) is 0.256. The topological polar surface area (TPSA) is 3.24 Å². The molecule has 2 fully saturated rings.